The van der Waals surface area contributed by atoms with Crippen molar-refractivity contribution in [3.63, 3.8) is 0 Å². The Morgan fingerprint density at radius 2 is 0.607 bits per heavy atom. The molecule has 56 heavy (non-hydrogen) atoms. The lowest BCUT2D eigenvalue weighted by molar-refractivity contribution is 1.28. The van der Waals surface area contributed by atoms with Crippen LogP contribution in [0.2, 0.25) is 0 Å². The standard InChI is InChI=1S/C53H37N3/c1-5-13-48(14-6-1)55(49-15-7-2-8-16-49)52-33-29-42(30-34-52)40-21-25-44(26-22-40)46-37-47(39-54-38-46)45-27-23-41(24-28-45)43-31-35-53(36-32-43)56(50-17-9-3-10-18-50)51-19-11-4-12-20-51/h1-3,5-11,13-39H. The van der Waals surface area contributed by atoms with E-state index in [9.17, 15) is 0 Å². The van der Waals surface area contributed by atoms with E-state index in [2.05, 4.69) is 221 Å². The van der Waals surface area contributed by atoms with Crippen LogP contribution in [0.1, 0.15) is 0 Å². The molecule has 0 aliphatic heterocycles. The maximum atomic E-state index is 4.64. The highest BCUT2D eigenvalue weighted by molar-refractivity contribution is 5.81. The van der Waals surface area contributed by atoms with Gasteiger partial charge in [0, 0.05) is 58.0 Å². The van der Waals surface area contributed by atoms with Crippen molar-refractivity contribution in [1.29, 1.82) is 0 Å². The van der Waals surface area contributed by atoms with Crippen molar-refractivity contribution in [2.45, 2.75) is 0 Å². The van der Waals surface area contributed by atoms with Gasteiger partial charge in [0.2, 0.25) is 0 Å². The third-order valence-electron chi connectivity index (χ3n) is 10.0. The quantitative estimate of drug-likeness (QED) is 0.141. The molecule has 0 saturated heterocycles. The Hall–Kier alpha value is -7.67. The molecule has 0 unspecified atom stereocenters. The van der Waals surface area contributed by atoms with Gasteiger partial charge in [-0.3, -0.25) is 4.98 Å². The molecular weight excluding hydrogens is 679 g/mol. The third-order valence-corrected chi connectivity index (χ3v) is 10.0. The zero-order valence-electron chi connectivity index (χ0n) is 30.7. The fourth-order valence-electron chi connectivity index (χ4n) is 7.18. The normalized spacial score (nSPS) is 10.7. The van der Waals surface area contributed by atoms with E-state index in [0.29, 0.717) is 0 Å². The molecule has 0 bridgehead atoms. The second-order valence-corrected chi connectivity index (χ2v) is 13.6. The highest BCUT2D eigenvalue weighted by Crippen LogP contribution is 2.37. The fourth-order valence-corrected chi connectivity index (χ4v) is 7.18. The number of anilines is 6. The van der Waals surface area contributed by atoms with E-state index in [-0.39, 0.29) is 0 Å². The zero-order chi connectivity index (χ0) is 37.5. The fraction of sp³-hybridized carbons (Fsp3) is 0. The van der Waals surface area contributed by atoms with E-state index in [0.717, 1.165) is 67.5 Å². The average Bonchev–Trinajstić information content (AvgIpc) is 3.29. The van der Waals surface area contributed by atoms with Gasteiger partial charge in [-0.15, -0.1) is 0 Å². The maximum Gasteiger partial charge on any atom is 0.0551 e. The summed E-state index contributed by atoms with van der Waals surface area (Å²) in [6.07, 6.45) is 3.88. The van der Waals surface area contributed by atoms with E-state index in [1.165, 1.54) is 11.1 Å². The van der Waals surface area contributed by atoms with Gasteiger partial charge in [-0.2, -0.15) is 0 Å². The molecule has 1 heterocycles. The number of hydrogen-bond acceptors (Lipinski definition) is 3. The highest BCUT2D eigenvalue weighted by atomic mass is 15.1. The lowest BCUT2D eigenvalue weighted by Gasteiger charge is -2.25. The molecule has 0 atom stereocenters. The molecule has 3 nitrogen and oxygen atoms in total. The van der Waals surface area contributed by atoms with Gasteiger partial charge in [-0.25, -0.2) is 0 Å². The van der Waals surface area contributed by atoms with Crippen LogP contribution in [0.25, 0.3) is 44.5 Å². The smallest absolute Gasteiger partial charge is 0.0551 e. The van der Waals surface area contributed by atoms with E-state index in [1.807, 2.05) is 30.6 Å². The summed E-state index contributed by atoms with van der Waals surface area (Å²) in [5, 5.41) is 0. The predicted octanol–water partition coefficient (Wildman–Crippen LogP) is 14.3. The molecule has 9 rings (SSSR count). The monoisotopic (exact) mass is 715 g/mol. The summed E-state index contributed by atoms with van der Waals surface area (Å²) < 4.78 is 0. The van der Waals surface area contributed by atoms with Gasteiger partial charge in [0.05, 0.1) is 5.69 Å². The van der Waals surface area contributed by atoms with Crippen LogP contribution in [0.3, 0.4) is 0 Å². The SMILES string of the molecule is c1ccc(N(c2ccccc2)c2ccc(-c3ccc(-c4cncc(-c5ccc(-c6ccc(N(c7ccccc7)c7ccccc7)cc6)cc5)c4)cc3)cc2)cc#1. The second-order valence-electron chi connectivity index (χ2n) is 13.6. The summed E-state index contributed by atoms with van der Waals surface area (Å²) in [5.41, 5.74) is 15.7. The van der Waals surface area contributed by atoms with Crippen molar-refractivity contribution in [3.8, 4) is 44.5 Å². The molecule has 1 aromatic heterocycles. The molecule has 0 N–H and O–H groups in total. The minimum absolute atomic E-state index is 1.04. The van der Waals surface area contributed by atoms with E-state index >= 15 is 0 Å². The first-order valence-electron chi connectivity index (χ1n) is 18.8. The van der Waals surface area contributed by atoms with Gasteiger partial charge in [0.15, 0.2) is 0 Å². The van der Waals surface area contributed by atoms with Crippen LogP contribution in [0.5, 0.6) is 0 Å². The van der Waals surface area contributed by atoms with Gasteiger partial charge in [-0.1, -0.05) is 140 Å². The van der Waals surface area contributed by atoms with E-state index < -0.39 is 0 Å². The second kappa shape index (κ2) is 15.7. The number of hydrogen-bond donors (Lipinski definition) is 0. The summed E-state index contributed by atoms with van der Waals surface area (Å²) in [6, 6.07) is 80.6. The number of pyridine rings is 1. The summed E-state index contributed by atoms with van der Waals surface area (Å²) in [4.78, 5) is 9.15. The summed E-state index contributed by atoms with van der Waals surface area (Å²) in [5.74, 6) is 0. The molecule has 8 aromatic carbocycles. The van der Waals surface area contributed by atoms with Crippen LogP contribution in [0.15, 0.2) is 225 Å². The van der Waals surface area contributed by atoms with Crippen LogP contribution >= 0.6 is 0 Å². The number of benzene rings is 7. The van der Waals surface area contributed by atoms with Crippen molar-refractivity contribution in [3.05, 3.63) is 237 Å². The van der Waals surface area contributed by atoms with Crippen LogP contribution < -0.4 is 9.80 Å². The molecule has 0 aliphatic carbocycles. The van der Waals surface area contributed by atoms with E-state index in [1.54, 1.807) is 0 Å². The third kappa shape index (κ3) is 7.28. The van der Waals surface area contributed by atoms with Crippen LogP contribution in [0, 0.1) is 12.1 Å². The van der Waals surface area contributed by atoms with Crippen LogP contribution in [0.4, 0.5) is 34.1 Å². The molecule has 0 saturated carbocycles. The Kier molecular flexibility index (Phi) is 9.59. The lowest BCUT2D eigenvalue weighted by Crippen LogP contribution is -2.09. The molecular formula is C53H37N3. The Labute approximate surface area is 329 Å². The summed E-state index contributed by atoms with van der Waals surface area (Å²) >= 11 is 0. The number of rotatable bonds is 10. The van der Waals surface area contributed by atoms with Crippen LogP contribution in [-0.4, -0.2) is 4.98 Å². The predicted molar refractivity (Wildman–Crippen MR) is 233 cm³/mol. The summed E-state index contributed by atoms with van der Waals surface area (Å²) in [6.45, 7) is 0. The van der Waals surface area contributed by atoms with Crippen molar-refractivity contribution < 1.29 is 0 Å². The lowest BCUT2D eigenvalue weighted by atomic mass is 9.97. The molecule has 0 radical (unpaired) electrons. The average molecular weight is 716 g/mol. The largest absolute Gasteiger partial charge is 0.311 e. The van der Waals surface area contributed by atoms with Crippen LogP contribution in [-0.2, 0) is 0 Å². The number of nitrogens with zero attached hydrogens (tertiary/aromatic N) is 3. The maximum absolute atomic E-state index is 4.64. The van der Waals surface area contributed by atoms with Gasteiger partial charge >= 0.3 is 0 Å². The van der Waals surface area contributed by atoms with Gasteiger partial charge in [0.25, 0.3) is 0 Å². The van der Waals surface area contributed by atoms with Gasteiger partial charge in [0.1, 0.15) is 0 Å². The summed E-state index contributed by atoms with van der Waals surface area (Å²) in [7, 11) is 0. The first-order chi connectivity index (χ1) is 27.8. The zero-order valence-corrected chi connectivity index (χ0v) is 30.7. The van der Waals surface area contributed by atoms with Crippen molar-refractivity contribution in [2.75, 3.05) is 9.80 Å². The molecule has 0 amide bonds. The minimum Gasteiger partial charge on any atom is -0.311 e. The van der Waals surface area contributed by atoms with Crippen molar-refractivity contribution in [2.24, 2.45) is 0 Å². The van der Waals surface area contributed by atoms with Gasteiger partial charge in [-0.05, 0) is 112 Å². The Bertz CT molecular complexity index is 2360. The Morgan fingerprint density at radius 3 is 0.964 bits per heavy atom. The Balaban J connectivity index is 0.908. The van der Waals surface area contributed by atoms with E-state index in [4.69, 9.17) is 0 Å². The molecule has 0 spiro atoms. The first kappa shape index (κ1) is 34.1. The number of para-hydroxylation sites is 3. The van der Waals surface area contributed by atoms with Crippen molar-refractivity contribution in [1.82, 2.24) is 4.98 Å². The molecule has 264 valence electrons. The molecule has 9 aromatic rings. The van der Waals surface area contributed by atoms with Gasteiger partial charge < -0.3 is 9.80 Å². The molecule has 3 heteroatoms. The Morgan fingerprint density at radius 1 is 0.286 bits per heavy atom. The highest BCUT2D eigenvalue weighted by Gasteiger charge is 2.14. The molecule has 0 aliphatic rings. The molecule has 0 fully saturated rings. The van der Waals surface area contributed by atoms with Crippen molar-refractivity contribution >= 4 is 34.1 Å². The topological polar surface area (TPSA) is 19.4 Å². The first-order valence-corrected chi connectivity index (χ1v) is 18.8. The number of aromatic nitrogens is 1. The minimum atomic E-state index is 1.04.